The van der Waals surface area contributed by atoms with E-state index >= 15 is 0 Å². The first-order chi connectivity index (χ1) is 7.13. The van der Waals surface area contributed by atoms with E-state index < -0.39 is 30.1 Å². The zero-order valence-electron chi connectivity index (χ0n) is 8.94. The number of hydrogen-bond acceptors (Lipinski definition) is 3. The van der Waals surface area contributed by atoms with Crippen LogP contribution in [0.25, 0.3) is 0 Å². The molecule has 0 heterocycles. The Balaban J connectivity index is 4.32. The van der Waals surface area contributed by atoms with E-state index in [2.05, 4.69) is 5.32 Å². The SMILES string of the molecule is CCNC(=O)CNC(=O)C(C)(N)C(F)(F)F. The van der Waals surface area contributed by atoms with Crippen molar-refractivity contribution in [3.05, 3.63) is 0 Å². The number of halogens is 3. The zero-order chi connectivity index (χ0) is 13.0. The van der Waals surface area contributed by atoms with Crippen molar-refractivity contribution < 1.29 is 22.8 Å². The fourth-order valence-corrected chi connectivity index (χ4v) is 0.733. The molecule has 0 aliphatic rings. The summed E-state index contributed by atoms with van der Waals surface area (Å²) >= 11 is 0. The highest BCUT2D eigenvalue weighted by atomic mass is 19.4. The molecular formula is C8H14F3N3O2. The number of amides is 2. The molecule has 0 saturated carbocycles. The van der Waals surface area contributed by atoms with E-state index in [1.807, 2.05) is 5.32 Å². The van der Waals surface area contributed by atoms with Crippen molar-refractivity contribution in [2.45, 2.75) is 25.6 Å². The second-order valence-corrected chi connectivity index (χ2v) is 3.34. The normalized spacial score (nSPS) is 15.1. The van der Waals surface area contributed by atoms with E-state index in [0.717, 1.165) is 0 Å². The van der Waals surface area contributed by atoms with Gasteiger partial charge < -0.3 is 16.4 Å². The van der Waals surface area contributed by atoms with Crippen LogP contribution < -0.4 is 16.4 Å². The molecule has 4 N–H and O–H groups in total. The van der Waals surface area contributed by atoms with E-state index in [1.165, 1.54) is 0 Å². The van der Waals surface area contributed by atoms with Gasteiger partial charge in [-0.25, -0.2) is 0 Å². The summed E-state index contributed by atoms with van der Waals surface area (Å²) in [5, 5.41) is 4.13. The number of nitrogens with one attached hydrogen (secondary N) is 2. The van der Waals surface area contributed by atoms with Crippen LogP contribution in [-0.4, -0.2) is 36.6 Å². The van der Waals surface area contributed by atoms with E-state index in [1.54, 1.807) is 6.92 Å². The molecule has 1 unspecified atom stereocenters. The third-order valence-corrected chi connectivity index (χ3v) is 1.84. The van der Waals surface area contributed by atoms with Crippen LogP contribution in [0.5, 0.6) is 0 Å². The first kappa shape index (κ1) is 14.7. The van der Waals surface area contributed by atoms with Crippen molar-refractivity contribution in [1.29, 1.82) is 0 Å². The number of nitrogens with two attached hydrogens (primary N) is 1. The molecule has 0 aliphatic carbocycles. The Morgan fingerprint density at radius 1 is 1.25 bits per heavy atom. The molecule has 2 amide bonds. The summed E-state index contributed by atoms with van der Waals surface area (Å²) in [5.41, 5.74) is 1.83. The molecule has 94 valence electrons. The summed E-state index contributed by atoms with van der Waals surface area (Å²) in [6, 6.07) is 0. The van der Waals surface area contributed by atoms with E-state index in [-0.39, 0.29) is 0 Å². The van der Waals surface area contributed by atoms with Gasteiger partial charge in [-0.2, -0.15) is 13.2 Å². The summed E-state index contributed by atoms with van der Waals surface area (Å²) in [7, 11) is 0. The van der Waals surface area contributed by atoms with Crippen LogP contribution in [0.2, 0.25) is 0 Å². The number of carbonyl (C=O) groups excluding carboxylic acids is 2. The van der Waals surface area contributed by atoms with E-state index in [4.69, 9.17) is 5.73 Å². The Kier molecular flexibility index (Phi) is 4.73. The standard InChI is InChI=1S/C8H14F3N3O2/c1-3-13-5(15)4-14-6(16)7(2,12)8(9,10)11/h3-4,12H2,1-2H3,(H,13,15)(H,14,16). The highest BCUT2D eigenvalue weighted by Gasteiger charge is 2.53. The molecule has 0 aliphatic heterocycles. The van der Waals surface area contributed by atoms with Crippen LogP contribution in [0.3, 0.4) is 0 Å². The maximum absolute atomic E-state index is 12.3. The van der Waals surface area contributed by atoms with Gasteiger partial charge in [0.2, 0.25) is 11.8 Å². The molecular weight excluding hydrogens is 227 g/mol. The lowest BCUT2D eigenvalue weighted by Crippen LogP contribution is -2.62. The predicted molar refractivity (Wildman–Crippen MR) is 50.3 cm³/mol. The molecule has 0 rings (SSSR count). The minimum absolute atomic E-state index is 0.327. The summed E-state index contributed by atoms with van der Waals surface area (Å²) in [6.45, 7) is 1.98. The molecule has 0 fully saturated rings. The summed E-state index contributed by atoms with van der Waals surface area (Å²) < 4.78 is 36.8. The van der Waals surface area contributed by atoms with Crippen molar-refractivity contribution in [2.24, 2.45) is 5.73 Å². The van der Waals surface area contributed by atoms with Gasteiger partial charge in [-0.05, 0) is 13.8 Å². The minimum Gasteiger partial charge on any atom is -0.355 e. The molecule has 0 radical (unpaired) electrons. The molecule has 1 atom stereocenters. The second-order valence-electron chi connectivity index (χ2n) is 3.34. The van der Waals surface area contributed by atoms with Crippen molar-refractivity contribution in [1.82, 2.24) is 10.6 Å². The van der Waals surface area contributed by atoms with Crippen molar-refractivity contribution in [3.63, 3.8) is 0 Å². The summed E-state index contributed by atoms with van der Waals surface area (Å²) in [4.78, 5) is 22.0. The smallest absolute Gasteiger partial charge is 0.355 e. The van der Waals surface area contributed by atoms with Gasteiger partial charge in [-0.1, -0.05) is 0 Å². The van der Waals surface area contributed by atoms with Gasteiger partial charge in [-0.15, -0.1) is 0 Å². The molecule has 8 heteroatoms. The molecule has 0 bridgehead atoms. The molecule has 0 aromatic heterocycles. The fraction of sp³-hybridized carbons (Fsp3) is 0.750. The number of rotatable bonds is 4. The zero-order valence-corrected chi connectivity index (χ0v) is 8.94. The van der Waals surface area contributed by atoms with Gasteiger partial charge in [0.15, 0.2) is 5.54 Å². The number of likely N-dealkylation sites (N-methyl/N-ethyl adjacent to an activating group) is 1. The minimum atomic E-state index is -4.86. The Labute approximate surface area is 90.6 Å². The number of carbonyl (C=O) groups is 2. The lowest BCUT2D eigenvalue weighted by Gasteiger charge is -2.25. The first-order valence-corrected chi connectivity index (χ1v) is 4.53. The van der Waals surface area contributed by atoms with Gasteiger partial charge in [-0.3, -0.25) is 9.59 Å². The highest BCUT2D eigenvalue weighted by molar-refractivity contribution is 5.90. The summed E-state index contributed by atoms with van der Waals surface area (Å²) in [5.74, 6) is -2.01. The van der Waals surface area contributed by atoms with Crippen molar-refractivity contribution >= 4 is 11.8 Å². The largest absolute Gasteiger partial charge is 0.415 e. The Bertz CT molecular complexity index is 276. The van der Waals surface area contributed by atoms with Crippen LogP contribution in [0.1, 0.15) is 13.8 Å². The van der Waals surface area contributed by atoms with Gasteiger partial charge in [0.25, 0.3) is 0 Å². The van der Waals surface area contributed by atoms with Gasteiger partial charge >= 0.3 is 6.18 Å². The number of hydrogen-bond donors (Lipinski definition) is 3. The molecule has 0 aromatic rings. The molecule has 0 spiro atoms. The second kappa shape index (κ2) is 5.15. The quantitative estimate of drug-likeness (QED) is 0.621. The van der Waals surface area contributed by atoms with Crippen molar-refractivity contribution in [3.8, 4) is 0 Å². The van der Waals surface area contributed by atoms with Crippen LogP contribution in [0.4, 0.5) is 13.2 Å². The van der Waals surface area contributed by atoms with E-state index in [9.17, 15) is 22.8 Å². The average molecular weight is 241 g/mol. The van der Waals surface area contributed by atoms with E-state index in [0.29, 0.717) is 13.5 Å². The fourth-order valence-electron chi connectivity index (χ4n) is 0.733. The maximum Gasteiger partial charge on any atom is 0.415 e. The average Bonchev–Trinajstić information content (AvgIpc) is 2.12. The van der Waals surface area contributed by atoms with Gasteiger partial charge in [0, 0.05) is 6.54 Å². The third-order valence-electron chi connectivity index (χ3n) is 1.84. The lowest BCUT2D eigenvalue weighted by molar-refractivity contribution is -0.187. The first-order valence-electron chi connectivity index (χ1n) is 4.53. The van der Waals surface area contributed by atoms with Crippen LogP contribution in [-0.2, 0) is 9.59 Å². The predicted octanol–water partition coefficient (Wildman–Crippen LogP) is -0.482. The summed E-state index contributed by atoms with van der Waals surface area (Å²) in [6.07, 6.45) is -4.86. The molecule has 0 saturated heterocycles. The molecule has 5 nitrogen and oxygen atoms in total. The molecule has 16 heavy (non-hydrogen) atoms. The Morgan fingerprint density at radius 3 is 2.12 bits per heavy atom. The topological polar surface area (TPSA) is 84.2 Å². The highest BCUT2D eigenvalue weighted by Crippen LogP contribution is 2.27. The molecule has 0 aromatic carbocycles. The Hall–Kier alpha value is -1.31. The van der Waals surface area contributed by atoms with Gasteiger partial charge in [0.05, 0.1) is 6.54 Å². The van der Waals surface area contributed by atoms with Crippen LogP contribution in [0.15, 0.2) is 0 Å². The maximum atomic E-state index is 12.3. The van der Waals surface area contributed by atoms with Crippen LogP contribution in [0, 0.1) is 0 Å². The number of alkyl halides is 3. The van der Waals surface area contributed by atoms with Crippen LogP contribution >= 0.6 is 0 Å². The van der Waals surface area contributed by atoms with Crippen molar-refractivity contribution in [2.75, 3.05) is 13.1 Å². The monoisotopic (exact) mass is 241 g/mol. The lowest BCUT2D eigenvalue weighted by atomic mass is 10.0. The Morgan fingerprint density at radius 2 is 1.75 bits per heavy atom. The third kappa shape index (κ3) is 3.69. The van der Waals surface area contributed by atoms with Gasteiger partial charge in [0.1, 0.15) is 0 Å².